The molecule has 0 aromatic heterocycles. The van der Waals surface area contributed by atoms with Crippen molar-refractivity contribution in [3.63, 3.8) is 0 Å². The lowest BCUT2D eigenvalue weighted by molar-refractivity contribution is -0.124. The molecule has 6 heteroatoms. The Kier molecular flexibility index (Phi) is 3.40. The van der Waals surface area contributed by atoms with Crippen molar-refractivity contribution in [3.05, 3.63) is 0 Å². The first-order valence-electron chi connectivity index (χ1n) is 5.05. The van der Waals surface area contributed by atoms with Gasteiger partial charge in [0.1, 0.15) is 5.54 Å². The van der Waals surface area contributed by atoms with E-state index >= 15 is 0 Å². The van der Waals surface area contributed by atoms with Crippen LogP contribution in [0.3, 0.4) is 0 Å². The maximum Gasteiger partial charge on any atom is 0.238 e. The van der Waals surface area contributed by atoms with Gasteiger partial charge in [0, 0.05) is 6.04 Å². The zero-order valence-electron chi connectivity index (χ0n) is 9.12. The minimum absolute atomic E-state index is 0.0331. The predicted molar refractivity (Wildman–Crippen MR) is 58.1 cm³/mol. The third kappa shape index (κ3) is 2.92. The van der Waals surface area contributed by atoms with Crippen LogP contribution in [0.15, 0.2) is 0 Å². The molecule has 0 aliphatic carbocycles. The van der Waals surface area contributed by atoms with Gasteiger partial charge in [-0.25, -0.2) is 8.42 Å². The highest BCUT2D eigenvalue weighted by Crippen LogP contribution is 2.23. The minimum atomic E-state index is -3.14. The number of sulfone groups is 1. The summed E-state index contributed by atoms with van der Waals surface area (Å²) in [5.74, 6) is -0.588. The topological polar surface area (TPSA) is 89.3 Å². The first kappa shape index (κ1) is 12.4. The fraction of sp³-hybridized carbons (Fsp3) is 0.889. The van der Waals surface area contributed by atoms with Crippen LogP contribution < -0.4 is 11.1 Å². The monoisotopic (exact) mass is 234 g/mol. The number of nitrogens with one attached hydrogen (secondary N) is 1. The van der Waals surface area contributed by atoms with Gasteiger partial charge in [-0.15, -0.1) is 0 Å². The number of primary amides is 1. The molecular formula is C9H18N2O3S. The van der Waals surface area contributed by atoms with Crippen LogP contribution in [0, 0.1) is 0 Å². The molecule has 1 heterocycles. The van der Waals surface area contributed by atoms with Crippen molar-refractivity contribution < 1.29 is 13.2 Å². The Hall–Kier alpha value is -0.620. The lowest BCUT2D eigenvalue weighted by atomic mass is 9.93. The Bertz CT molecular complexity index is 350. The average molecular weight is 234 g/mol. The van der Waals surface area contributed by atoms with E-state index in [1.807, 2.05) is 13.8 Å². The molecule has 1 saturated heterocycles. The van der Waals surface area contributed by atoms with Gasteiger partial charge in [0.25, 0.3) is 0 Å². The molecule has 15 heavy (non-hydrogen) atoms. The highest BCUT2D eigenvalue weighted by atomic mass is 32.2. The third-order valence-electron chi connectivity index (χ3n) is 2.56. The summed E-state index contributed by atoms with van der Waals surface area (Å²) in [5, 5.41) is 3.00. The summed E-state index contributed by atoms with van der Waals surface area (Å²) in [6.07, 6.45) is 0.991. The normalized spacial score (nSPS) is 30.3. The smallest absolute Gasteiger partial charge is 0.238 e. The molecule has 0 aromatic rings. The number of nitrogens with two attached hydrogens (primary N) is 1. The van der Waals surface area contributed by atoms with Crippen molar-refractivity contribution in [2.45, 2.75) is 38.3 Å². The summed E-state index contributed by atoms with van der Waals surface area (Å²) in [4.78, 5) is 11.4. The van der Waals surface area contributed by atoms with Crippen LogP contribution in [0.25, 0.3) is 0 Å². The maximum atomic E-state index is 11.5. The van der Waals surface area contributed by atoms with E-state index in [9.17, 15) is 13.2 Å². The standard InChI is InChI=1S/C9H18N2O3S/c1-7(2)11-9(8(10)12)4-3-5-15(13,14)6-9/h7,11H,3-6H2,1-2H3,(H2,10,12). The lowest BCUT2D eigenvalue weighted by Gasteiger charge is -2.36. The molecule has 88 valence electrons. The van der Waals surface area contributed by atoms with Gasteiger partial charge in [0.05, 0.1) is 11.5 Å². The number of amides is 1. The molecule has 0 bridgehead atoms. The summed E-state index contributed by atoms with van der Waals surface area (Å²) in [6, 6.07) is 0.0331. The van der Waals surface area contributed by atoms with Gasteiger partial charge in [-0.3, -0.25) is 4.79 Å². The van der Waals surface area contributed by atoms with Crippen molar-refractivity contribution >= 4 is 15.7 Å². The Morgan fingerprint density at radius 1 is 1.47 bits per heavy atom. The van der Waals surface area contributed by atoms with Crippen molar-refractivity contribution in [3.8, 4) is 0 Å². The zero-order chi connectivity index (χ0) is 11.7. The lowest BCUT2D eigenvalue weighted by Crippen LogP contribution is -2.63. The molecule has 1 aliphatic heterocycles. The summed E-state index contributed by atoms with van der Waals surface area (Å²) in [7, 11) is -3.14. The van der Waals surface area contributed by atoms with E-state index in [4.69, 9.17) is 5.73 Å². The maximum absolute atomic E-state index is 11.5. The SMILES string of the molecule is CC(C)NC1(C(N)=O)CCCS(=O)(=O)C1. The fourth-order valence-corrected chi connectivity index (χ4v) is 3.89. The van der Waals surface area contributed by atoms with Gasteiger partial charge >= 0.3 is 0 Å². The molecule has 1 fully saturated rings. The number of hydrogen-bond acceptors (Lipinski definition) is 4. The Morgan fingerprint density at radius 3 is 2.47 bits per heavy atom. The second kappa shape index (κ2) is 4.09. The Labute approximate surface area is 90.3 Å². The molecule has 0 aromatic carbocycles. The minimum Gasteiger partial charge on any atom is -0.368 e. The van der Waals surface area contributed by atoms with Gasteiger partial charge in [-0.1, -0.05) is 0 Å². The van der Waals surface area contributed by atoms with E-state index in [2.05, 4.69) is 5.32 Å². The zero-order valence-corrected chi connectivity index (χ0v) is 9.93. The van der Waals surface area contributed by atoms with E-state index in [-0.39, 0.29) is 17.5 Å². The average Bonchev–Trinajstić information content (AvgIpc) is 1.99. The van der Waals surface area contributed by atoms with Crippen LogP contribution >= 0.6 is 0 Å². The second-order valence-corrected chi connectivity index (χ2v) is 6.63. The molecule has 0 spiro atoms. The number of rotatable bonds is 3. The van der Waals surface area contributed by atoms with Crippen LogP contribution in [0.2, 0.25) is 0 Å². The molecule has 3 N–H and O–H groups in total. The van der Waals surface area contributed by atoms with Gasteiger partial charge in [0.2, 0.25) is 5.91 Å². The van der Waals surface area contributed by atoms with Gasteiger partial charge in [-0.2, -0.15) is 0 Å². The number of carbonyl (C=O) groups excluding carboxylic acids is 1. The van der Waals surface area contributed by atoms with Crippen molar-refractivity contribution in [1.82, 2.24) is 5.32 Å². The molecule has 1 atom stereocenters. The van der Waals surface area contributed by atoms with E-state index in [0.29, 0.717) is 12.8 Å². The van der Waals surface area contributed by atoms with Crippen LogP contribution in [0.1, 0.15) is 26.7 Å². The largest absolute Gasteiger partial charge is 0.368 e. The quantitative estimate of drug-likeness (QED) is 0.683. The molecule has 5 nitrogen and oxygen atoms in total. The second-order valence-electron chi connectivity index (χ2n) is 4.44. The van der Waals surface area contributed by atoms with Gasteiger partial charge < -0.3 is 11.1 Å². The first-order valence-corrected chi connectivity index (χ1v) is 6.88. The molecular weight excluding hydrogens is 216 g/mol. The molecule has 0 radical (unpaired) electrons. The Balaban J connectivity index is 2.96. The van der Waals surface area contributed by atoms with E-state index in [0.717, 1.165) is 0 Å². The molecule has 1 aliphatic rings. The Morgan fingerprint density at radius 2 is 2.07 bits per heavy atom. The van der Waals surface area contributed by atoms with Crippen LogP contribution in [-0.4, -0.2) is 37.4 Å². The van der Waals surface area contributed by atoms with Gasteiger partial charge in [0.15, 0.2) is 9.84 Å². The van der Waals surface area contributed by atoms with Crippen molar-refractivity contribution in [2.75, 3.05) is 11.5 Å². The number of hydrogen-bond donors (Lipinski definition) is 2. The summed E-state index contributed by atoms with van der Waals surface area (Å²) in [5.41, 5.74) is 4.24. The highest BCUT2D eigenvalue weighted by molar-refractivity contribution is 7.91. The molecule has 1 rings (SSSR count). The third-order valence-corrected chi connectivity index (χ3v) is 4.41. The van der Waals surface area contributed by atoms with E-state index in [1.54, 1.807) is 0 Å². The van der Waals surface area contributed by atoms with Crippen LogP contribution in [0.4, 0.5) is 0 Å². The predicted octanol–water partition coefficient (Wildman–Crippen LogP) is -0.583. The number of carbonyl (C=O) groups is 1. The molecule has 1 amide bonds. The van der Waals surface area contributed by atoms with E-state index in [1.165, 1.54) is 0 Å². The summed E-state index contributed by atoms with van der Waals surface area (Å²) in [6.45, 7) is 3.73. The van der Waals surface area contributed by atoms with Crippen LogP contribution in [0.5, 0.6) is 0 Å². The molecule has 0 saturated carbocycles. The summed E-state index contributed by atoms with van der Waals surface area (Å²) < 4.78 is 23.0. The van der Waals surface area contributed by atoms with Crippen molar-refractivity contribution in [1.29, 1.82) is 0 Å². The van der Waals surface area contributed by atoms with Crippen molar-refractivity contribution in [2.24, 2.45) is 5.73 Å². The highest BCUT2D eigenvalue weighted by Gasteiger charge is 2.43. The fourth-order valence-electron chi connectivity index (χ4n) is 2.05. The molecule has 1 unspecified atom stereocenters. The van der Waals surface area contributed by atoms with E-state index < -0.39 is 21.3 Å². The summed E-state index contributed by atoms with van der Waals surface area (Å²) >= 11 is 0. The van der Waals surface area contributed by atoms with Crippen LogP contribution in [-0.2, 0) is 14.6 Å². The van der Waals surface area contributed by atoms with Gasteiger partial charge in [-0.05, 0) is 26.7 Å². The first-order chi connectivity index (χ1) is 6.77.